The first kappa shape index (κ1) is 18.1. The third-order valence-electron chi connectivity index (χ3n) is 4.52. The van der Waals surface area contributed by atoms with Gasteiger partial charge in [-0.3, -0.25) is 0 Å². The molecule has 1 aliphatic heterocycles. The highest BCUT2D eigenvalue weighted by Crippen LogP contribution is 2.24. The van der Waals surface area contributed by atoms with Gasteiger partial charge in [-0.2, -0.15) is 0 Å². The van der Waals surface area contributed by atoms with Crippen LogP contribution >= 0.6 is 0 Å². The Morgan fingerprint density at radius 3 is 2.12 bits per heavy atom. The molecule has 0 amide bonds. The molecule has 2 aromatic rings. The van der Waals surface area contributed by atoms with Gasteiger partial charge in [0, 0.05) is 5.56 Å². The lowest BCUT2D eigenvalue weighted by Crippen LogP contribution is -2.11. The minimum Gasteiger partial charge on any atom is -0.402 e. The molecule has 26 heavy (non-hydrogen) atoms. The van der Waals surface area contributed by atoms with Crippen molar-refractivity contribution in [2.24, 2.45) is 4.99 Å². The highest BCUT2D eigenvalue weighted by Gasteiger charge is 2.24. The maximum atomic E-state index is 12.2. The molecule has 2 aromatic carbocycles. The predicted octanol–water partition coefficient (Wildman–Crippen LogP) is 5.45. The molecule has 3 rings (SSSR count). The average molecular weight is 347 g/mol. The van der Waals surface area contributed by atoms with Crippen molar-refractivity contribution in [3.8, 4) is 0 Å². The molecule has 0 saturated carbocycles. The first-order valence-corrected chi connectivity index (χ1v) is 8.97. The molecule has 0 aliphatic carbocycles. The quantitative estimate of drug-likeness (QED) is 0.547. The normalized spacial score (nSPS) is 16.2. The molecule has 0 spiro atoms. The minimum absolute atomic E-state index is 0.0832. The van der Waals surface area contributed by atoms with Crippen molar-refractivity contribution in [1.82, 2.24) is 0 Å². The monoisotopic (exact) mass is 347 g/mol. The largest absolute Gasteiger partial charge is 0.402 e. The number of nitrogens with zero attached hydrogens (tertiary/aromatic N) is 1. The van der Waals surface area contributed by atoms with Crippen LogP contribution in [0.5, 0.6) is 0 Å². The summed E-state index contributed by atoms with van der Waals surface area (Å²) in [6, 6.07) is 16.2. The summed E-state index contributed by atoms with van der Waals surface area (Å²) in [5.41, 5.74) is 4.66. The molecule has 1 aliphatic rings. The summed E-state index contributed by atoms with van der Waals surface area (Å²) >= 11 is 0. The Morgan fingerprint density at radius 1 is 0.962 bits per heavy atom. The standard InChI is InChI=1S/C23H25NO2/c1-15(2)17-8-6-16(7-9-17)14-20-22(25)26-21(24-20)18-10-12-19(13-11-18)23(3,4)5/h6-15H,1-5H3/b20-14-. The van der Waals surface area contributed by atoms with E-state index in [2.05, 4.69) is 63.9 Å². The number of carbonyl (C=O) groups excluding carboxylic acids is 1. The van der Waals surface area contributed by atoms with Crippen LogP contribution in [0.1, 0.15) is 62.8 Å². The summed E-state index contributed by atoms with van der Waals surface area (Å²) in [4.78, 5) is 16.5. The van der Waals surface area contributed by atoms with Gasteiger partial charge in [0.15, 0.2) is 5.70 Å². The molecule has 134 valence electrons. The van der Waals surface area contributed by atoms with Gasteiger partial charge in [0.2, 0.25) is 5.90 Å². The van der Waals surface area contributed by atoms with E-state index in [9.17, 15) is 4.79 Å². The highest BCUT2D eigenvalue weighted by molar-refractivity contribution is 6.12. The zero-order valence-electron chi connectivity index (χ0n) is 16.0. The SMILES string of the molecule is CC(C)c1ccc(/C=C2\N=C(c3ccc(C(C)(C)C)cc3)OC2=O)cc1. The third kappa shape index (κ3) is 3.93. The number of benzene rings is 2. The molecule has 3 heteroatoms. The first-order valence-electron chi connectivity index (χ1n) is 8.97. The summed E-state index contributed by atoms with van der Waals surface area (Å²) < 4.78 is 5.36. The van der Waals surface area contributed by atoms with Gasteiger partial charge in [-0.15, -0.1) is 0 Å². The van der Waals surface area contributed by atoms with E-state index in [4.69, 9.17) is 4.74 Å². The zero-order valence-corrected chi connectivity index (χ0v) is 16.0. The van der Waals surface area contributed by atoms with E-state index in [0.29, 0.717) is 17.5 Å². The molecule has 1 heterocycles. The molecule has 0 N–H and O–H groups in total. The minimum atomic E-state index is -0.409. The number of hydrogen-bond acceptors (Lipinski definition) is 3. The lowest BCUT2D eigenvalue weighted by Gasteiger charge is -2.18. The number of esters is 1. The second-order valence-corrected chi connectivity index (χ2v) is 7.98. The number of aliphatic imine (C=N–C) groups is 1. The maximum absolute atomic E-state index is 12.2. The third-order valence-corrected chi connectivity index (χ3v) is 4.52. The zero-order chi connectivity index (χ0) is 18.9. The molecular formula is C23H25NO2. The Hall–Kier alpha value is -2.68. The van der Waals surface area contributed by atoms with Crippen LogP contribution in [-0.2, 0) is 14.9 Å². The van der Waals surface area contributed by atoms with Gasteiger partial charge >= 0.3 is 5.97 Å². The summed E-state index contributed by atoms with van der Waals surface area (Å²) in [7, 11) is 0. The Bertz CT molecular complexity index is 864. The van der Waals surface area contributed by atoms with E-state index in [1.807, 2.05) is 24.3 Å². The number of cyclic esters (lactones) is 1. The van der Waals surface area contributed by atoms with E-state index in [0.717, 1.165) is 11.1 Å². The van der Waals surface area contributed by atoms with Crippen molar-refractivity contribution in [2.75, 3.05) is 0 Å². The second-order valence-electron chi connectivity index (χ2n) is 7.98. The van der Waals surface area contributed by atoms with Crippen molar-refractivity contribution in [3.63, 3.8) is 0 Å². The first-order chi connectivity index (χ1) is 12.2. The molecule has 0 atom stereocenters. The van der Waals surface area contributed by atoms with E-state index in [-0.39, 0.29) is 5.41 Å². The average Bonchev–Trinajstić information content (AvgIpc) is 2.95. The summed E-state index contributed by atoms with van der Waals surface area (Å²) in [5.74, 6) is 0.433. The van der Waals surface area contributed by atoms with Crippen molar-refractivity contribution in [2.45, 2.75) is 46.0 Å². The van der Waals surface area contributed by atoms with Gasteiger partial charge in [0.05, 0.1) is 0 Å². The van der Waals surface area contributed by atoms with Gasteiger partial charge in [0.25, 0.3) is 0 Å². The van der Waals surface area contributed by atoms with Crippen LogP contribution in [0.4, 0.5) is 0 Å². The fourth-order valence-corrected chi connectivity index (χ4v) is 2.78. The van der Waals surface area contributed by atoms with Gasteiger partial charge in [-0.1, -0.05) is 71.0 Å². The number of rotatable bonds is 3. The number of ether oxygens (including phenoxy) is 1. The van der Waals surface area contributed by atoms with Gasteiger partial charge in [-0.25, -0.2) is 9.79 Å². The van der Waals surface area contributed by atoms with Gasteiger partial charge in [0.1, 0.15) is 0 Å². The second kappa shape index (κ2) is 6.91. The van der Waals surface area contributed by atoms with Crippen LogP contribution in [-0.4, -0.2) is 11.9 Å². The van der Waals surface area contributed by atoms with Crippen LogP contribution in [0.2, 0.25) is 0 Å². The van der Waals surface area contributed by atoms with Crippen LogP contribution in [0.15, 0.2) is 59.2 Å². The van der Waals surface area contributed by atoms with Crippen LogP contribution in [0, 0.1) is 0 Å². The molecule has 3 nitrogen and oxygen atoms in total. The van der Waals surface area contributed by atoms with Crippen molar-refractivity contribution in [3.05, 3.63) is 76.5 Å². The van der Waals surface area contributed by atoms with Gasteiger partial charge < -0.3 is 4.74 Å². The van der Waals surface area contributed by atoms with Crippen LogP contribution in [0.25, 0.3) is 6.08 Å². The Balaban J connectivity index is 1.84. The topological polar surface area (TPSA) is 38.7 Å². The lowest BCUT2D eigenvalue weighted by molar-refractivity contribution is -0.129. The predicted molar refractivity (Wildman–Crippen MR) is 106 cm³/mol. The van der Waals surface area contributed by atoms with E-state index in [1.165, 1.54) is 11.1 Å². The van der Waals surface area contributed by atoms with E-state index >= 15 is 0 Å². The molecule has 0 radical (unpaired) electrons. The van der Waals surface area contributed by atoms with E-state index < -0.39 is 5.97 Å². The smallest absolute Gasteiger partial charge is 0.363 e. The summed E-state index contributed by atoms with van der Waals surface area (Å²) in [5, 5.41) is 0. The Kier molecular flexibility index (Phi) is 4.82. The molecule has 0 unspecified atom stereocenters. The molecule has 0 saturated heterocycles. The van der Waals surface area contributed by atoms with Crippen LogP contribution < -0.4 is 0 Å². The Morgan fingerprint density at radius 2 is 1.58 bits per heavy atom. The lowest BCUT2D eigenvalue weighted by atomic mass is 9.87. The van der Waals surface area contributed by atoms with Crippen molar-refractivity contribution >= 4 is 17.9 Å². The number of hydrogen-bond donors (Lipinski definition) is 0. The molecular weight excluding hydrogens is 322 g/mol. The van der Waals surface area contributed by atoms with E-state index in [1.54, 1.807) is 6.08 Å². The fourth-order valence-electron chi connectivity index (χ4n) is 2.78. The number of carbonyl (C=O) groups is 1. The van der Waals surface area contributed by atoms with Crippen LogP contribution in [0.3, 0.4) is 0 Å². The maximum Gasteiger partial charge on any atom is 0.363 e. The van der Waals surface area contributed by atoms with Crippen molar-refractivity contribution in [1.29, 1.82) is 0 Å². The van der Waals surface area contributed by atoms with Gasteiger partial charge in [-0.05, 0) is 46.2 Å². The summed E-state index contributed by atoms with van der Waals surface area (Å²) in [6.07, 6.45) is 1.77. The van der Waals surface area contributed by atoms with Crippen molar-refractivity contribution < 1.29 is 9.53 Å². The molecule has 0 bridgehead atoms. The molecule has 0 aromatic heterocycles. The Labute approximate surface area is 155 Å². The summed E-state index contributed by atoms with van der Waals surface area (Å²) in [6.45, 7) is 10.8. The molecule has 0 fully saturated rings. The highest BCUT2D eigenvalue weighted by atomic mass is 16.6. The fraction of sp³-hybridized carbons (Fsp3) is 0.304.